The van der Waals surface area contributed by atoms with Gasteiger partial charge in [0.1, 0.15) is 6.61 Å². The van der Waals surface area contributed by atoms with E-state index >= 15 is 0 Å². The molecule has 0 aliphatic carbocycles. The molecule has 0 radical (unpaired) electrons. The third-order valence-corrected chi connectivity index (χ3v) is 4.51. The van der Waals surface area contributed by atoms with E-state index in [-0.39, 0.29) is 74.4 Å². The van der Waals surface area contributed by atoms with Crippen LogP contribution in [-0.2, 0) is 33.4 Å². The first-order valence-corrected chi connectivity index (χ1v) is 10.4. The lowest BCUT2D eigenvalue weighted by atomic mass is 10.1. The topological polar surface area (TPSA) is 131 Å². The number of carbonyl (C=O) groups is 5. The molecule has 1 saturated heterocycles. The number of hydrogen-bond acceptors (Lipinski definition) is 7. The van der Waals surface area contributed by atoms with E-state index in [0.29, 0.717) is 39.1 Å². The normalized spacial score (nSPS) is 16.1. The molecule has 1 rings (SSSR count). The first kappa shape index (κ1) is 25.7. The smallest absolute Gasteiger partial charge is 0.232 e. The molecular formula is C20H33N3O7. The molecule has 170 valence electrons. The van der Waals surface area contributed by atoms with E-state index in [0.717, 1.165) is 4.90 Å². The number of ether oxygens (including phenoxy) is 2. The van der Waals surface area contributed by atoms with Crippen molar-refractivity contribution >= 4 is 29.4 Å². The number of nitrogens with zero attached hydrogens (tertiary/aromatic N) is 1. The Morgan fingerprint density at radius 3 is 2.37 bits per heavy atom. The summed E-state index contributed by atoms with van der Waals surface area (Å²) in [5, 5.41) is 5.36. The Kier molecular flexibility index (Phi) is 12.5. The van der Waals surface area contributed by atoms with Gasteiger partial charge in [-0.2, -0.15) is 0 Å². The van der Waals surface area contributed by atoms with Crippen molar-refractivity contribution in [2.45, 2.75) is 46.0 Å². The van der Waals surface area contributed by atoms with Crippen LogP contribution in [0.25, 0.3) is 0 Å². The molecule has 30 heavy (non-hydrogen) atoms. The number of likely N-dealkylation sites (tertiary alicyclic amines) is 1. The van der Waals surface area contributed by atoms with Gasteiger partial charge in [0.2, 0.25) is 23.6 Å². The number of amides is 4. The van der Waals surface area contributed by atoms with E-state index in [9.17, 15) is 24.0 Å². The number of nitrogens with one attached hydrogen (secondary N) is 2. The molecule has 0 bridgehead atoms. The van der Waals surface area contributed by atoms with Crippen LogP contribution in [0.15, 0.2) is 0 Å². The van der Waals surface area contributed by atoms with Crippen molar-refractivity contribution in [2.24, 2.45) is 5.92 Å². The molecule has 1 fully saturated rings. The second-order valence-corrected chi connectivity index (χ2v) is 7.10. The van der Waals surface area contributed by atoms with Crippen LogP contribution in [0.2, 0.25) is 0 Å². The fraction of sp³-hybridized carbons (Fsp3) is 0.750. The summed E-state index contributed by atoms with van der Waals surface area (Å²) in [6, 6.07) is 0. The van der Waals surface area contributed by atoms with E-state index in [2.05, 4.69) is 10.6 Å². The summed E-state index contributed by atoms with van der Waals surface area (Å²) in [5.41, 5.74) is 0. The minimum absolute atomic E-state index is 0.0127. The van der Waals surface area contributed by atoms with Crippen LogP contribution in [0.3, 0.4) is 0 Å². The number of hydrogen-bond donors (Lipinski definition) is 2. The first-order valence-electron chi connectivity index (χ1n) is 10.4. The van der Waals surface area contributed by atoms with Crippen molar-refractivity contribution in [1.29, 1.82) is 0 Å². The predicted octanol–water partition coefficient (Wildman–Crippen LogP) is -0.204. The molecule has 10 heteroatoms. The summed E-state index contributed by atoms with van der Waals surface area (Å²) >= 11 is 0. The highest BCUT2D eigenvalue weighted by atomic mass is 16.5. The third kappa shape index (κ3) is 10.4. The molecule has 0 saturated carbocycles. The van der Waals surface area contributed by atoms with Crippen LogP contribution >= 0.6 is 0 Å². The number of Topliss-reactive ketones (excluding diaryl/α,β-unsaturated/α-hetero) is 1. The largest absolute Gasteiger partial charge is 0.377 e. The summed E-state index contributed by atoms with van der Waals surface area (Å²) in [5.74, 6) is -1.13. The minimum atomic E-state index is -0.311. The Hall–Kier alpha value is -2.33. The van der Waals surface area contributed by atoms with Gasteiger partial charge in [-0.25, -0.2) is 0 Å². The Balaban J connectivity index is 1.95. The Labute approximate surface area is 177 Å². The second-order valence-electron chi connectivity index (χ2n) is 7.10. The SMILES string of the molecule is CCC(=O)NCCOCCOCC(=O)CCCNC(=O)CCN1C(=O)CC(C)C1=O. The number of imide groups is 1. The zero-order valence-electron chi connectivity index (χ0n) is 17.9. The molecular weight excluding hydrogens is 394 g/mol. The van der Waals surface area contributed by atoms with Crippen molar-refractivity contribution in [2.75, 3.05) is 46.1 Å². The van der Waals surface area contributed by atoms with Gasteiger partial charge in [0.05, 0.1) is 19.8 Å². The maximum absolute atomic E-state index is 11.8. The van der Waals surface area contributed by atoms with Crippen molar-refractivity contribution in [1.82, 2.24) is 15.5 Å². The monoisotopic (exact) mass is 427 g/mol. The van der Waals surface area contributed by atoms with Gasteiger partial charge in [0.25, 0.3) is 0 Å². The van der Waals surface area contributed by atoms with Gasteiger partial charge in [-0.05, 0) is 6.42 Å². The molecule has 1 heterocycles. The quantitative estimate of drug-likeness (QED) is 0.257. The molecule has 0 aromatic heterocycles. The van der Waals surface area contributed by atoms with Crippen molar-refractivity contribution in [3.05, 3.63) is 0 Å². The highest BCUT2D eigenvalue weighted by molar-refractivity contribution is 6.03. The molecule has 4 amide bonds. The zero-order valence-corrected chi connectivity index (χ0v) is 17.9. The summed E-state index contributed by atoms with van der Waals surface area (Å²) in [7, 11) is 0. The van der Waals surface area contributed by atoms with Crippen molar-refractivity contribution in [3.8, 4) is 0 Å². The van der Waals surface area contributed by atoms with Gasteiger partial charge in [0.15, 0.2) is 5.78 Å². The minimum Gasteiger partial charge on any atom is -0.377 e. The number of ketones is 1. The van der Waals surface area contributed by atoms with E-state index in [1.807, 2.05) is 0 Å². The molecule has 0 aromatic rings. The lowest BCUT2D eigenvalue weighted by molar-refractivity contribution is -0.139. The predicted molar refractivity (Wildman–Crippen MR) is 107 cm³/mol. The Morgan fingerprint density at radius 1 is 1.00 bits per heavy atom. The lowest BCUT2D eigenvalue weighted by Crippen LogP contribution is -2.35. The van der Waals surface area contributed by atoms with Crippen LogP contribution in [0.4, 0.5) is 0 Å². The summed E-state index contributed by atoms with van der Waals surface area (Å²) in [6.45, 7) is 5.36. The van der Waals surface area contributed by atoms with Crippen LogP contribution in [0.5, 0.6) is 0 Å². The molecule has 10 nitrogen and oxygen atoms in total. The van der Waals surface area contributed by atoms with E-state index in [1.165, 1.54) is 0 Å². The van der Waals surface area contributed by atoms with Crippen molar-refractivity contribution < 1.29 is 33.4 Å². The van der Waals surface area contributed by atoms with Gasteiger partial charge in [-0.15, -0.1) is 0 Å². The Bertz CT molecular complexity index is 609. The maximum atomic E-state index is 11.8. The summed E-state index contributed by atoms with van der Waals surface area (Å²) in [6.07, 6.45) is 1.47. The second kappa shape index (κ2) is 14.6. The summed E-state index contributed by atoms with van der Waals surface area (Å²) < 4.78 is 10.5. The first-order chi connectivity index (χ1) is 14.3. The Morgan fingerprint density at radius 2 is 1.70 bits per heavy atom. The van der Waals surface area contributed by atoms with Crippen molar-refractivity contribution in [3.63, 3.8) is 0 Å². The van der Waals surface area contributed by atoms with Gasteiger partial charge in [0, 0.05) is 51.2 Å². The van der Waals surface area contributed by atoms with Crippen LogP contribution < -0.4 is 10.6 Å². The molecule has 1 aliphatic heterocycles. The molecule has 2 N–H and O–H groups in total. The highest BCUT2D eigenvalue weighted by Crippen LogP contribution is 2.18. The molecule has 1 atom stereocenters. The molecule has 0 spiro atoms. The molecule has 1 unspecified atom stereocenters. The van der Waals surface area contributed by atoms with Crippen LogP contribution in [-0.4, -0.2) is 80.4 Å². The molecule has 0 aromatic carbocycles. The van der Waals surface area contributed by atoms with Gasteiger partial charge < -0.3 is 20.1 Å². The van der Waals surface area contributed by atoms with E-state index < -0.39 is 0 Å². The average Bonchev–Trinajstić information content (AvgIpc) is 2.96. The third-order valence-electron chi connectivity index (χ3n) is 4.51. The summed E-state index contributed by atoms with van der Waals surface area (Å²) in [4.78, 5) is 59.1. The van der Waals surface area contributed by atoms with Gasteiger partial charge in [-0.1, -0.05) is 13.8 Å². The maximum Gasteiger partial charge on any atom is 0.232 e. The van der Waals surface area contributed by atoms with E-state index in [1.54, 1.807) is 13.8 Å². The standard InChI is InChI=1S/C20H33N3O7/c1-3-17(25)22-8-10-29-11-12-30-14-16(24)5-4-7-21-18(26)6-9-23-19(27)13-15(2)20(23)28/h15H,3-14H2,1-2H3,(H,21,26)(H,22,25). The van der Waals surface area contributed by atoms with Crippen LogP contribution in [0, 0.1) is 5.92 Å². The van der Waals surface area contributed by atoms with Gasteiger partial charge in [-0.3, -0.25) is 28.9 Å². The average molecular weight is 427 g/mol. The van der Waals surface area contributed by atoms with Crippen LogP contribution in [0.1, 0.15) is 46.0 Å². The fourth-order valence-corrected chi connectivity index (χ4v) is 2.76. The fourth-order valence-electron chi connectivity index (χ4n) is 2.76. The van der Waals surface area contributed by atoms with Gasteiger partial charge >= 0.3 is 0 Å². The number of carbonyl (C=O) groups excluding carboxylic acids is 5. The lowest BCUT2D eigenvalue weighted by Gasteiger charge is -2.13. The zero-order chi connectivity index (χ0) is 22.4. The highest BCUT2D eigenvalue weighted by Gasteiger charge is 2.35. The molecule has 1 aliphatic rings. The van der Waals surface area contributed by atoms with E-state index in [4.69, 9.17) is 9.47 Å². The number of rotatable bonds is 16.